The van der Waals surface area contributed by atoms with Crippen molar-refractivity contribution in [2.45, 2.75) is 32.2 Å². The van der Waals surface area contributed by atoms with Crippen molar-refractivity contribution >= 4 is 39.8 Å². The van der Waals surface area contributed by atoms with E-state index in [0.717, 1.165) is 14.9 Å². The van der Waals surface area contributed by atoms with Gasteiger partial charge in [0.1, 0.15) is 0 Å². The van der Waals surface area contributed by atoms with Crippen LogP contribution in [-0.2, 0) is 0 Å². The number of hydrogen-bond acceptors (Lipinski definition) is 2. The van der Waals surface area contributed by atoms with E-state index in [-0.39, 0.29) is 5.91 Å². The minimum absolute atomic E-state index is 0.0907. The highest BCUT2D eigenvalue weighted by molar-refractivity contribution is 14.1. The Balaban J connectivity index is 1.97. The zero-order chi connectivity index (χ0) is 10.8. The Kier molecular flexibility index (Phi) is 3.66. The molecule has 1 aliphatic rings. The minimum Gasteiger partial charge on any atom is -0.349 e. The molecule has 0 aliphatic heterocycles. The third-order valence-corrected chi connectivity index (χ3v) is 4.80. The van der Waals surface area contributed by atoms with Crippen LogP contribution >= 0.6 is 33.9 Å². The SMILES string of the molecule is CC1CCCC1NC(=O)c1csc(I)c1. The van der Waals surface area contributed by atoms with E-state index in [9.17, 15) is 4.79 Å². The summed E-state index contributed by atoms with van der Waals surface area (Å²) in [5.41, 5.74) is 0.809. The second kappa shape index (κ2) is 4.82. The standard InChI is InChI=1S/C11H14INOS/c1-7-3-2-4-9(7)13-11(14)8-5-10(12)15-6-8/h5-7,9H,2-4H2,1H3,(H,13,14). The molecular formula is C11H14INOS. The van der Waals surface area contributed by atoms with Crippen molar-refractivity contribution < 1.29 is 4.79 Å². The molecule has 1 saturated carbocycles. The van der Waals surface area contributed by atoms with Crippen LogP contribution in [0, 0.1) is 8.80 Å². The summed E-state index contributed by atoms with van der Waals surface area (Å²) in [4.78, 5) is 11.9. The molecule has 1 aliphatic carbocycles. The van der Waals surface area contributed by atoms with Crippen LogP contribution in [0.1, 0.15) is 36.5 Å². The zero-order valence-electron chi connectivity index (χ0n) is 8.63. The first-order valence-electron chi connectivity index (χ1n) is 5.21. The summed E-state index contributed by atoms with van der Waals surface area (Å²) in [6.45, 7) is 2.22. The van der Waals surface area contributed by atoms with Crippen molar-refractivity contribution in [1.82, 2.24) is 5.32 Å². The molecule has 1 aromatic rings. The van der Waals surface area contributed by atoms with Crippen molar-refractivity contribution in [1.29, 1.82) is 0 Å². The molecule has 2 unspecified atom stereocenters. The number of nitrogens with one attached hydrogen (secondary N) is 1. The molecule has 0 spiro atoms. The van der Waals surface area contributed by atoms with Gasteiger partial charge in [-0.2, -0.15) is 0 Å². The van der Waals surface area contributed by atoms with Crippen LogP contribution in [0.5, 0.6) is 0 Å². The molecule has 1 heterocycles. The van der Waals surface area contributed by atoms with Gasteiger partial charge in [0.25, 0.3) is 5.91 Å². The fourth-order valence-corrected chi connectivity index (χ4v) is 3.37. The molecular weight excluding hydrogens is 321 g/mol. The molecule has 1 N–H and O–H groups in total. The summed E-state index contributed by atoms with van der Waals surface area (Å²) in [6, 6.07) is 2.33. The van der Waals surface area contributed by atoms with E-state index in [1.165, 1.54) is 12.8 Å². The Bertz CT molecular complexity index is 363. The monoisotopic (exact) mass is 335 g/mol. The smallest absolute Gasteiger partial charge is 0.252 e. The molecule has 1 amide bonds. The fourth-order valence-electron chi connectivity index (χ4n) is 2.04. The average Bonchev–Trinajstić information content (AvgIpc) is 2.77. The number of carbonyl (C=O) groups is 1. The Labute approximate surface area is 108 Å². The first kappa shape index (κ1) is 11.4. The Hall–Kier alpha value is -0.100. The Morgan fingerprint density at radius 2 is 2.40 bits per heavy atom. The quantitative estimate of drug-likeness (QED) is 0.826. The summed E-state index contributed by atoms with van der Waals surface area (Å²) >= 11 is 3.86. The molecule has 1 aromatic heterocycles. The van der Waals surface area contributed by atoms with E-state index in [0.29, 0.717) is 12.0 Å². The summed E-state index contributed by atoms with van der Waals surface area (Å²) in [5, 5.41) is 5.05. The van der Waals surface area contributed by atoms with Gasteiger partial charge in [0.05, 0.1) is 8.45 Å². The summed E-state index contributed by atoms with van der Waals surface area (Å²) in [7, 11) is 0. The third kappa shape index (κ3) is 2.72. The van der Waals surface area contributed by atoms with Crippen molar-refractivity contribution in [2.24, 2.45) is 5.92 Å². The highest BCUT2D eigenvalue weighted by atomic mass is 127. The van der Waals surface area contributed by atoms with Gasteiger partial charge in [-0.15, -0.1) is 11.3 Å². The van der Waals surface area contributed by atoms with E-state index in [1.807, 2.05) is 11.4 Å². The largest absolute Gasteiger partial charge is 0.349 e. The van der Waals surface area contributed by atoms with E-state index < -0.39 is 0 Å². The van der Waals surface area contributed by atoms with Crippen LogP contribution in [0.2, 0.25) is 0 Å². The first-order valence-corrected chi connectivity index (χ1v) is 7.17. The molecule has 2 atom stereocenters. The number of hydrogen-bond donors (Lipinski definition) is 1. The van der Waals surface area contributed by atoms with E-state index in [2.05, 4.69) is 34.8 Å². The van der Waals surface area contributed by atoms with E-state index in [4.69, 9.17) is 0 Å². The van der Waals surface area contributed by atoms with Crippen molar-refractivity contribution in [2.75, 3.05) is 0 Å². The Morgan fingerprint density at radius 3 is 2.93 bits per heavy atom. The first-order chi connectivity index (χ1) is 7.16. The summed E-state index contributed by atoms with van der Waals surface area (Å²) in [6.07, 6.45) is 3.62. The molecule has 2 nitrogen and oxygen atoms in total. The molecule has 4 heteroatoms. The van der Waals surface area contributed by atoms with Gasteiger partial charge in [-0.25, -0.2) is 0 Å². The molecule has 0 radical (unpaired) electrons. The van der Waals surface area contributed by atoms with Crippen LogP contribution in [0.15, 0.2) is 11.4 Å². The maximum absolute atomic E-state index is 11.9. The Morgan fingerprint density at radius 1 is 1.60 bits per heavy atom. The zero-order valence-corrected chi connectivity index (χ0v) is 11.6. The fraction of sp³-hybridized carbons (Fsp3) is 0.545. The predicted molar refractivity (Wildman–Crippen MR) is 71.3 cm³/mol. The molecule has 0 bridgehead atoms. The van der Waals surface area contributed by atoms with Crippen LogP contribution in [0.4, 0.5) is 0 Å². The molecule has 0 aromatic carbocycles. The van der Waals surface area contributed by atoms with Gasteiger partial charge in [-0.3, -0.25) is 4.79 Å². The lowest BCUT2D eigenvalue weighted by molar-refractivity contribution is 0.0930. The van der Waals surface area contributed by atoms with Gasteiger partial charge in [-0.05, 0) is 47.4 Å². The second-order valence-electron chi connectivity index (χ2n) is 4.13. The molecule has 0 saturated heterocycles. The lowest BCUT2D eigenvalue weighted by Crippen LogP contribution is -2.36. The van der Waals surface area contributed by atoms with Gasteiger partial charge < -0.3 is 5.32 Å². The van der Waals surface area contributed by atoms with Gasteiger partial charge >= 0.3 is 0 Å². The van der Waals surface area contributed by atoms with Crippen LogP contribution in [0.3, 0.4) is 0 Å². The normalized spacial score (nSPS) is 25.5. The topological polar surface area (TPSA) is 29.1 Å². The third-order valence-electron chi connectivity index (χ3n) is 3.01. The van der Waals surface area contributed by atoms with Gasteiger partial charge in [0.2, 0.25) is 0 Å². The lowest BCUT2D eigenvalue weighted by Gasteiger charge is -2.16. The highest BCUT2D eigenvalue weighted by Gasteiger charge is 2.25. The van der Waals surface area contributed by atoms with Crippen molar-refractivity contribution in [3.63, 3.8) is 0 Å². The summed E-state index contributed by atoms with van der Waals surface area (Å²) < 4.78 is 1.16. The molecule has 2 rings (SSSR count). The highest BCUT2D eigenvalue weighted by Crippen LogP contribution is 2.25. The van der Waals surface area contributed by atoms with Crippen LogP contribution in [0.25, 0.3) is 0 Å². The number of halogens is 1. The average molecular weight is 335 g/mol. The molecule has 82 valence electrons. The number of amides is 1. The summed E-state index contributed by atoms with van der Waals surface area (Å²) in [5.74, 6) is 0.722. The maximum atomic E-state index is 11.9. The van der Waals surface area contributed by atoms with E-state index >= 15 is 0 Å². The molecule has 15 heavy (non-hydrogen) atoms. The minimum atomic E-state index is 0.0907. The van der Waals surface area contributed by atoms with Gasteiger partial charge in [0.15, 0.2) is 0 Å². The van der Waals surface area contributed by atoms with Crippen molar-refractivity contribution in [3.8, 4) is 0 Å². The molecule has 1 fully saturated rings. The second-order valence-corrected chi connectivity index (χ2v) is 6.93. The van der Waals surface area contributed by atoms with Gasteiger partial charge in [0, 0.05) is 11.4 Å². The van der Waals surface area contributed by atoms with E-state index in [1.54, 1.807) is 11.3 Å². The van der Waals surface area contributed by atoms with Crippen LogP contribution < -0.4 is 5.32 Å². The number of thiophene rings is 1. The number of rotatable bonds is 2. The maximum Gasteiger partial charge on any atom is 0.252 e. The lowest BCUT2D eigenvalue weighted by atomic mass is 10.1. The van der Waals surface area contributed by atoms with Crippen molar-refractivity contribution in [3.05, 3.63) is 19.9 Å². The predicted octanol–water partition coefficient (Wildman–Crippen LogP) is 3.27. The number of carbonyl (C=O) groups excluding carboxylic acids is 1. The van der Waals surface area contributed by atoms with Crippen LogP contribution in [-0.4, -0.2) is 11.9 Å². The van der Waals surface area contributed by atoms with Gasteiger partial charge in [-0.1, -0.05) is 13.3 Å².